The van der Waals surface area contributed by atoms with E-state index in [2.05, 4.69) is 5.10 Å². The van der Waals surface area contributed by atoms with Crippen LogP contribution in [-0.2, 0) is 7.05 Å². The number of aromatic nitrogens is 2. The number of hydrogen-bond donors (Lipinski definition) is 1. The molecular formula is C9H7ClN2O2. The first-order chi connectivity index (χ1) is 6.61. The van der Waals surface area contributed by atoms with Gasteiger partial charge in [0.05, 0.1) is 22.3 Å². The first kappa shape index (κ1) is 9.02. The van der Waals surface area contributed by atoms with Gasteiger partial charge in [0.25, 0.3) is 0 Å². The highest BCUT2D eigenvalue weighted by Crippen LogP contribution is 2.25. The Morgan fingerprint density at radius 3 is 2.93 bits per heavy atom. The van der Waals surface area contributed by atoms with Gasteiger partial charge in [-0.05, 0) is 12.1 Å². The number of benzene rings is 1. The molecule has 1 aromatic heterocycles. The first-order valence-electron chi connectivity index (χ1n) is 3.95. The first-order valence-corrected chi connectivity index (χ1v) is 4.32. The van der Waals surface area contributed by atoms with Gasteiger partial charge in [0, 0.05) is 12.4 Å². The third kappa shape index (κ3) is 1.15. The maximum absolute atomic E-state index is 10.9. The summed E-state index contributed by atoms with van der Waals surface area (Å²) in [6, 6.07) is 3.31. The van der Waals surface area contributed by atoms with Crippen LogP contribution in [0.3, 0.4) is 0 Å². The molecule has 0 saturated heterocycles. The fourth-order valence-electron chi connectivity index (χ4n) is 1.42. The second-order valence-electron chi connectivity index (χ2n) is 2.93. The topological polar surface area (TPSA) is 55.1 Å². The lowest BCUT2D eigenvalue weighted by atomic mass is 10.1. The van der Waals surface area contributed by atoms with Gasteiger partial charge in [0.1, 0.15) is 0 Å². The molecule has 4 nitrogen and oxygen atoms in total. The van der Waals surface area contributed by atoms with Crippen LogP contribution in [0.15, 0.2) is 18.3 Å². The molecule has 0 saturated carbocycles. The van der Waals surface area contributed by atoms with Gasteiger partial charge in [-0.2, -0.15) is 5.10 Å². The standard InChI is InChI=1S/C9H7ClN2O2/c1-12-7-3-2-6(10)8(9(13)14)5(7)4-11-12/h2-4H,1H3,(H,13,14). The Morgan fingerprint density at radius 1 is 1.57 bits per heavy atom. The molecule has 0 fully saturated rings. The van der Waals surface area contributed by atoms with Crippen molar-refractivity contribution in [3.05, 3.63) is 28.9 Å². The molecule has 0 spiro atoms. The zero-order valence-corrected chi connectivity index (χ0v) is 8.12. The number of aromatic carboxylic acids is 1. The van der Waals surface area contributed by atoms with Gasteiger partial charge in [-0.1, -0.05) is 11.6 Å². The van der Waals surface area contributed by atoms with Crippen molar-refractivity contribution in [3.63, 3.8) is 0 Å². The summed E-state index contributed by atoms with van der Waals surface area (Å²) in [5.41, 5.74) is 0.865. The van der Waals surface area contributed by atoms with Gasteiger partial charge >= 0.3 is 5.97 Å². The summed E-state index contributed by atoms with van der Waals surface area (Å²) < 4.78 is 1.61. The van der Waals surface area contributed by atoms with Crippen LogP contribution in [0, 0.1) is 0 Å². The van der Waals surface area contributed by atoms with E-state index in [9.17, 15) is 4.79 Å². The number of fused-ring (bicyclic) bond motifs is 1. The van der Waals surface area contributed by atoms with Gasteiger partial charge < -0.3 is 5.11 Å². The largest absolute Gasteiger partial charge is 0.478 e. The van der Waals surface area contributed by atoms with E-state index in [0.29, 0.717) is 5.39 Å². The summed E-state index contributed by atoms with van der Waals surface area (Å²) in [5.74, 6) is -1.03. The van der Waals surface area contributed by atoms with Crippen LogP contribution in [0.2, 0.25) is 5.02 Å². The Balaban J connectivity index is 2.90. The molecule has 72 valence electrons. The highest BCUT2D eigenvalue weighted by atomic mass is 35.5. The predicted molar refractivity (Wildman–Crippen MR) is 52.7 cm³/mol. The molecule has 1 heterocycles. The normalized spacial score (nSPS) is 10.7. The van der Waals surface area contributed by atoms with Crippen LogP contribution >= 0.6 is 11.6 Å². The van der Waals surface area contributed by atoms with Gasteiger partial charge in [0.15, 0.2) is 0 Å². The zero-order chi connectivity index (χ0) is 10.3. The number of hydrogen-bond acceptors (Lipinski definition) is 2. The highest BCUT2D eigenvalue weighted by Gasteiger charge is 2.15. The lowest BCUT2D eigenvalue weighted by molar-refractivity contribution is 0.0699. The van der Waals surface area contributed by atoms with Crippen molar-refractivity contribution in [1.29, 1.82) is 0 Å². The van der Waals surface area contributed by atoms with E-state index in [1.54, 1.807) is 23.9 Å². The van der Waals surface area contributed by atoms with Crippen molar-refractivity contribution in [2.75, 3.05) is 0 Å². The Kier molecular flexibility index (Phi) is 1.93. The van der Waals surface area contributed by atoms with E-state index >= 15 is 0 Å². The molecule has 14 heavy (non-hydrogen) atoms. The van der Waals surface area contributed by atoms with Crippen LogP contribution < -0.4 is 0 Å². The van der Waals surface area contributed by atoms with Crippen LogP contribution in [0.4, 0.5) is 0 Å². The Bertz CT molecular complexity index is 519. The number of aryl methyl sites for hydroxylation is 1. The smallest absolute Gasteiger partial charge is 0.337 e. The zero-order valence-electron chi connectivity index (χ0n) is 7.36. The summed E-state index contributed by atoms with van der Waals surface area (Å²) in [7, 11) is 1.75. The molecule has 2 rings (SSSR count). The van der Waals surface area contributed by atoms with E-state index in [1.165, 1.54) is 6.20 Å². The third-order valence-corrected chi connectivity index (χ3v) is 2.41. The molecule has 0 aliphatic carbocycles. The molecular weight excluding hydrogens is 204 g/mol. The van der Waals surface area contributed by atoms with Crippen LogP contribution in [-0.4, -0.2) is 20.9 Å². The van der Waals surface area contributed by atoms with Crippen molar-refractivity contribution in [2.24, 2.45) is 7.05 Å². The fraction of sp³-hybridized carbons (Fsp3) is 0.111. The maximum atomic E-state index is 10.9. The average molecular weight is 211 g/mol. The van der Waals surface area contributed by atoms with Gasteiger partial charge in [0.2, 0.25) is 0 Å². The van der Waals surface area contributed by atoms with Crippen LogP contribution in [0.5, 0.6) is 0 Å². The minimum absolute atomic E-state index is 0.109. The molecule has 0 radical (unpaired) electrons. The van der Waals surface area contributed by atoms with Crippen molar-refractivity contribution in [2.45, 2.75) is 0 Å². The van der Waals surface area contributed by atoms with Crippen molar-refractivity contribution in [3.8, 4) is 0 Å². The second kappa shape index (κ2) is 2.99. The van der Waals surface area contributed by atoms with Crippen molar-refractivity contribution in [1.82, 2.24) is 9.78 Å². The van der Waals surface area contributed by atoms with E-state index in [0.717, 1.165) is 5.52 Å². The summed E-state index contributed by atoms with van der Waals surface area (Å²) in [6.07, 6.45) is 1.50. The summed E-state index contributed by atoms with van der Waals surface area (Å²) >= 11 is 5.79. The maximum Gasteiger partial charge on any atom is 0.337 e. The quantitative estimate of drug-likeness (QED) is 0.783. The number of rotatable bonds is 1. The summed E-state index contributed by atoms with van der Waals surface area (Å²) in [6.45, 7) is 0. The average Bonchev–Trinajstić information content (AvgIpc) is 2.47. The number of carbonyl (C=O) groups is 1. The molecule has 0 unspecified atom stereocenters. The van der Waals surface area contributed by atoms with Crippen molar-refractivity contribution >= 4 is 28.5 Å². The van der Waals surface area contributed by atoms with E-state index in [4.69, 9.17) is 16.7 Å². The molecule has 1 N–H and O–H groups in total. The Hall–Kier alpha value is -1.55. The molecule has 0 atom stereocenters. The Morgan fingerprint density at radius 2 is 2.29 bits per heavy atom. The lowest BCUT2D eigenvalue weighted by Gasteiger charge is -2.00. The van der Waals surface area contributed by atoms with E-state index < -0.39 is 5.97 Å². The Labute approximate surface area is 84.7 Å². The molecule has 0 aliphatic rings. The third-order valence-electron chi connectivity index (χ3n) is 2.09. The van der Waals surface area contributed by atoms with Crippen molar-refractivity contribution < 1.29 is 9.90 Å². The van der Waals surface area contributed by atoms with Gasteiger partial charge in [-0.15, -0.1) is 0 Å². The number of nitrogens with zero attached hydrogens (tertiary/aromatic N) is 2. The van der Waals surface area contributed by atoms with Crippen LogP contribution in [0.25, 0.3) is 10.9 Å². The molecule has 0 amide bonds. The monoisotopic (exact) mass is 210 g/mol. The fourth-order valence-corrected chi connectivity index (χ4v) is 1.66. The second-order valence-corrected chi connectivity index (χ2v) is 3.34. The molecule has 1 aromatic carbocycles. The summed E-state index contributed by atoms with van der Waals surface area (Å²) in [5, 5.41) is 13.7. The predicted octanol–water partition coefficient (Wildman–Crippen LogP) is 1.92. The minimum Gasteiger partial charge on any atom is -0.478 e. The van der Waals surface area contributed by atoms with E-state index in [-0.39, 0.29) is 10.6 Å². The number of carboxylic acids is 1. The van der Waals surface area contributed by atoms with Crippen LogP contribution in [0.1, 0.15) is 10.4 Å². The van der Waals surface area contributed by atoms with E-state index in [1.807, 2.05) is 0 Å². The minimum atomic E-state index is -1.03. The summed E-state index contributed by atoms with van der Waals surface area (Å²) in [4.78, 5) is 10.9. The number of halogens is 1. The lowest BCUT2D eigenvalue weighted by Crippen LogP contribution is -1.98. The molecule has 2 aromatic rings. The SMILES string of the molecule is Cn1ncc2c(C(=O)O)c(Cl)ccc21. The number of carboxylic acid groups (broad SMARTS) is 1. The molecule has 0 aliphatic heterocycles. The molecule has 0 bridgehead atoms. The highest BCUT2D eigenvalue weighted by molar-refractivity contribution is 6.35. The molecule has 5 heteroatoms. The van der Waals surface area contributed by atoms with Gasteiger partial charge in [-0.25, -0.2) is 4.79 Å². The van der Waals surface area contributed by atoms with Gasteiger partial charge in [-0.3, -0.25) is 4.68 Å².